The Bertz CT molecular complexity index is 872. The number of aryl methyl sites for hydroxylation is 1. The van der Waals surface area contributed by atoms with Gasteiger partial charge in [-0.3, -0.25) is 4.79 Å². The third-order valence-corrected chi connectivity index (χ3v) is 4.09. The SMILES string of the molecule is O=C(c1ccccc1)N(CCCc1ccccc1)c1ccc(F)[c-]c1F.[Ti]. The van der Waals surface area contributed by atoms with E-state index in [-0.39, 0.29) is 33.3 Å². The second-order valence-electron chi connectivity index (χ2n) is 5.92. The molecule has 0 fully saturated rings. The van der Waals surface area contributed by atoms with Gasteiger partial charge in [-0.1, -0.05) is 48.5 Å². The van der Waals surface area contributed by atoms with Crippen LogP contribution < -0.4 is 4.90 Å². The first-order valence-corrected chi connectivity index (χ1v) is 8.43. The zero-order chi connectivity index (χ0) is 18.4. The minimum Gasteiger partial charge on any atom is -0.359 e. The molecule has 0 spiro atoms. The van der Waals surface area contributed by atoms with Crippen molar-refractivity contribution in [2.75, 3.05) is 11.4 Å². The van der Waals surface area contributed by atoms with Gasteiger partial charge in [0.2, 0.25) is 5.91 Å². The molecule has 0 aliphatic rings. The van der Waals surface area contributed by atoms with Crippen LogP contribution in [0.15, 0.2) is 72.8 Å². The fourth-order valence-corrected chi connectivity index (χ4v) is 2.80. The van der Waals surface area contributed by atoms with Gasteiger partial charge in [-0.25, -0.2) is 8.78 Å². The normalized spacial score (nSPS) is 10.1. The molecule has 0 radical (unpaired) electrons. The second kappa shape index (κ2) is 10.1. The number of nitrogens with zero attached hydrogens (tertiary/aromatic N) is 1. The molecule has 3 rings (SSSR count). The number of amides is 1. The third-order valence-electron chi connectivity index (χ3n) is 4.09. The molecule has 0 aromatic heterocycles. The number of rotatable bonds is 6. The van der Waals surface area contributed by atoms with Crippen molar-refractivity contribution in [1.82, 2.24) is 0 Å². The first-order valence-electron chi connectivity index (χ1n) is 8.43. The molecule has 0 aliphatic carbocycles. The van der Waals surface area contributed by atoms with E-state index < -0.39 is 11.6 Å². The standard InChI is InChI=1S/C22H18F2NO.Ti/c23-19-13-14-21(20(24)16-19)25(22(26)18-11-5-2-6-12-18)15-7-10-17-8-3-1-4-9-17;/h1-6,8-9,11-14H,7,10,15H2;/q-1;. The minimum atomic E-state index is -0.867. The molecule has 0 unspecified atom stereocenters. The van der Waals surface area contributed by atoms with E-state index in [0.29, 0.717) is 18.5 Å². The van der Waals surface area contributed by atoms with Gasteiger partial charge in [0.15, 0.2) is 0 Å². The molecule has 0 heterocycles. The maximum Gasteiger partial charge on any atom is 0.247 e. The number of hydrogen-bond donors (Lipinski definition) is 0. The maximum absolute atomic E-state index is 14.2. The first kappa shape index (κ1) is 21.0. The molecule has 0 atom stereocenters. The second-order valence-corrected chi connectivity index (χ2v) is 5.92. The van der Waals surface area contributed by atoms with Gasteiger partial charge in [0.05, 0.1) is 0 Å². The average molecular weight is 398 g/mol. The monoisotopic (exact) mass is 398 g/mol. The van der Waals surface area contributed by atoms with Crippen molar-refractivity contribution in [2.45, 2.75) is 12.8 Å². The van der Waals surface area contributed by atoms with Crippen LogP contribution in [0.3, 0.4) is 0 Å². The van der Waals surface area contributed by atoms with Crippen molar-refractivity contribution in [3.05, 3.63) is 102 Å². The number of hydrogen-bond acceptors (Lipinski definition) is 1. The Morgan fingerprint density at radius 2 is 1.52 bits per heavy atom. The van der Waals surface area contributed by atoms with Crippen LogP contribution in [0, 0.1) is 17.7 Å². The van der Waals surface area contributed by atoms with Crippen LogP contribution in [0.4, 0.5) is 14.5 Å². The maximum atomic E-state index is 14.2. The Hall–Kier alpha value is -2.30. The van der Waals surface area contributed by atoms with Crippen molar-refractivity contribution in [3.8, 4) is 0 Å². The average Bonchev–Trinajstić information content (AvgIpc) is 2.67. The summed E-state index contributed by atoms with van der Waals surface area (Å²) in [6.07, 6.45) is 1.41. The molecule has 5 heteroatoms. The summed E-state index contributed by atoms with van der Waals surface area (Å²) in [5.74, 6) is -1.98. The fourth-order valence-electron chi connectivity index (χ4n) is 2.80. The van der Waals surface area contributed by atoms with E-state index in [2.05, 4.69) is 0 Å². The van der Waals surface area contributed by atoms with E-state index in [9.17, 15) is 13.6 Å². The molecule has 2 nitrogen and oxygen atoms in total. The van der Waals surface area contributed by atoms with Gasteiger partial charge in [0.25, 0.3) is 0 Å². The van der Waals surface area contributed by atoms with Crippen molar-refractivity contribution in [2.24, 2.45) is 0 Å². The number of anilines is 1. The van der Waals surface area contributed by atoms with Gasteiger partial charge in [0.1, 0.15) is 0 Å². The molecule has 3 aromatic rings. The predicted molar refractivity (Wildman–Crippen MR) is 98.1 cm³/mol. The van der Waals surface area contributed by atoms with E-state index in [1.54, 1.807) is 24.3 Å². The zero-order valence-electron chi connectivity index (χ0n) is 14.7. The van der Waals surface area contributed by atoms with Crippen LogP contribution in [0.25, 0.3) is 0 Å². The van der Waals surface area contributed by atoms with Crippen LogP contribution in [0.1, 0.15) is 22.3 Å². The smallest absolute Gasteiger partial charge is 0.247 e. The Morgan fingerprint density at radius 3 is 2.15 bits per heavy atom. The predicted octanol–water partition coefficient (Wildman–Crippen LogP) is 5.04. The van der Waals surface area contributed by atoms with E-state index in [1.807, 2.05) is 42.5 Å². The summed E-state index contributed by atoms with van der Waals surface area (Å²) in [5.41, 5.74) is 1.63. The van der Waals surface area contributed by atoms with Gasteiger partial charge in [-0.2, -0.15) is 0 Å². The van der Waals surface area contributed by atoms with Crippen LogP contribution in [-0.2, 0) is 28.1 Å². The number of benzene rings is 3. The Balaban J connectivity index is 0.00000261. The quantitative estimate of drug-likeness (QED) is 0.421. The van der Waals surface area contributed by atoms with Crippen LogP contribution in [0.2, 0.25) is 0 Å². The van der Waals surface area contributed by atoms with E-state index >= 15 is 0 Å². The van der Waals surface area contributed by atoms with E-state index in [4.69, 9.17) is 0 Å². The van der Waals surface area contributed by atoms with Crippen LogP contribution >= 0.6 is 0 Å². The number of halogens is 2. The summed E-state index contributed by atoms with van der Waals surface area (Å²) in [4.78, 5) is 14.2. The van der Waals surface area contributed by atoms with E-state index in [0.717, 1.165) is 18.1 Å². The molecule has 3 aromatic carbocycles. The number of carbonyl (C=O) groups is 1. The summed E-state index contributed by atoms with van der Waals surface area (Å²) >= 11 is 0. The molecule has 0 N–H and O–H groups in total. The molecule has 136 valence electrons. The van der Waals surface area contributed by atoms with E-state index in [1.165, 1.54) is 11.0 Å². The summed E-state index contributed by atoms with van der Waals surface area (Å²) in [5, 5.41) is 0. The molecule has 0 bridgehead atoms. The Kier molecular flexibility index (Phi) is 7.89. The summed E-state index contributed by atoms with van der Waals surface area (Å²) in [6, 6.07) is 22.9. The molecule has 0 saturated heterocycles. The zero-order valence-corrected chi connectivity index (χ0v) is 16.2. The van der Waals surface area contributed by atoms with Gasteiger partial charge in [-0.15, -0.1) is 18.2 Å². The number of carbonyl (C=O) groups excluding carboxylic acids is 1. The van der Waals surface area contributed by atoms with Crippen molar-refractivity contribution >= 4 is 11.6 Å². The molecule has 0 saturated carbocycles. The van der Waals surface area contributed by atoms with Gasteiger partial charge < -0.3 is 4.90 Å². The van der Waals surface area contributed by atoms with Crippen LogP contribution in [-0.4, -0.2) is 12.5 Å². The summed E-state index contributed by atoms with van der Waals surface area (Å²) in [7, 11) is 0. The van der Waals surface area contributed by atoms with Crippen molar-refractivity contribution in [3.63, 3.8) is 0 Å². The largest absolute Gasteiger partial charge is 0.359 e. The van der Waals surface area contributed by atoms with Gasteiger partial charge >= 0.3 is 0 Å². The fraction of sp³-hybridized carbons (Fsp3) is 0.136. The van der Waals surface area contributed by atoms with Gasteiger partial charge in [-0.05, 0) is 36.2 Å². The summed E-state index contributed by atoms with van der Waals surface area (Å²) < 4.78 is 27.4. The molecule has 0 aliphatic heterocycles. The molecular formula is C22H18F2NOTi-. The van der Waals surface area contributed by atoms with Crippen LogP contribution in [0.5, 0.6) is 0 Å². The topological polar surface area (TPSA) is 20.3 Å². The third kappa shape index (κ3) is 5.59. The molecular weight excluding hydrogens is 380 g/mol. The van der Waals surface area contributed by atoms with Crippen molar-refractivity contribution < 1.29 is 35.3 Å². The van der Waals surface area contributed by atoms with Crippen molar-refractivity contribution in [1.29, 1.82) is 0 Å². The van der Waals surface area contributed by atoms with Gasteiger partial charge in [0, 0.05) is 45.5 Å². The first-order chi connectivity index (χ1) is 12.6. The minimum absolute atomic E-state index is 0. The Labute approximate surface area is 172 Å². The molecule has 1 amide bonds. The molecule has 27 heavy (non-hydrogen) atoms. The summed E-state index contributed by atoms with van der Waals surface area (Å²) in [6.45, 7) is 0.318. The Morgan fingerprint density at radius 1 is 0.889 bits per heavy atom.